The number of aromatic nitrogens is 1. The lowest BCUT2D eigenvalue weighted by atomic mass is 9.96. The molecule has 0 bridgehead atoms. The molecule has 2 aromatic carbocycles. The lowest BCUT2D eigenvalue weighted by molar-refractivity contribution is -0.129. The average Bonchev–Trinajstić information content (AvgIpc) is 3.28. The quantitative estimate of drug-likeness (QED) is 0.491. The van der Waals surface area contributed by atoms with Gasteiger partial charge in [0.05, 0.1) is 6.04 Å². The SMILES string of the molecule is C[C@H](NC(=O)[C@H]1C[C@@H](c2ccccc2)CN1)C(=O)NCc1ccc2c(N)nccc2c1. The highest BCUT2D eigenvalue weighted by Crippen LogP contribution is 2.25. The fourth-order valence-corrected chi connectivity index (χ4v) is 4.00. The molecule has 0 spiro atoms. The second-order valence-corrected chi connectivity index (χ2v) is 8.00. The third-order valence-corrected chi connectivity index (χ3v) is 5.80. The molecule has 3 atom stereocenters. The summed E-state index contributed by atoms with van der Waals surface area (Å²) < 4.78 is 0. The van der Waals surface area contributed by atoms with Crippen LogP contribution in [0.4, 0.5) is 5.82 Å². The molecule has 2 heterocycles. The molecule has 160 valence electrons. The van der Waals surface area contributed by atoms with Crippen molar-refractivity contribution in [3.05, 3.63) is 71.9 Å². The van der Waals surface area contributed by atoms with Gasteiger partial charge in [-0.05, 0) is 47.9 Å². The molecule has 0 radical (unpaired) electrons. The highest BCUT2D eigenvalue weighted by atomic mass is 16.2. The van der Waals surface area contributed by atoms with Crippen LogP contribution in [0.1, 0.15) is 30.4 Å². The van der Waals surface area contributed by atoms with Crippen molar-refractivity contribution >= 4 is 28.4 Å². The normalized spacial score (nSPS) is 19.1. The molecule has 1 aliphatic rings. The Balaban J connectivity index is 1.28. The van der Waals surface area contributed by atoms with E-state index in [9.17, 15) is 9.59 Å². The number of nitrogens with two attached hydrogens (primary N) is 1. The minimum absolute atomic E-state index is 0.144. The number of amides is 2. The molecule has 7 heteroatoms. The van der Waals surface area contributed by atoms with Crippen molar-refractivity contribution in [3.63, 3.8) is 0 Å². The number of nitrogens with zero attached hydrogens (tertiary/aromatic N) is 1. The molecule has 31 heavy (non-hydrogen) atoms. The number of nitrogens with one attached hydrogen (secondary N) is 3. The first-order valence-corrected chi connectivity index (χ1v) is 10.5. The van der Waals surface area contributed by atoms with Crippen LogP contribution in [-0.4, -0.2) is 35.4 Å². The van der Waals surface area contributed by atoms with Crippen molar-refractivity contribution in [1.29, 1.82) is 0 Å². The molecule has 7 nitrogen and oxygen atoms in total. The summed E-state index contributed by atoms with van der Waals surface area (Å²) in [6.07, 6.45) is 2.39. The second-order valence-electron chi connectivity index (χ2n) is 8.00. The van der Waals surface area contributed by atoms with Gasteiger partial charge in [-0.25, -0.2) is 4.98 Å². The van der Waals surface area contributed by atoms with Crippen molar-refractivity contribution < 1.29 is 9.59 Å². The number of hydrogen-bond acceptors (Lipinski definition) is 5. The van der Waals surface area contributed by atoms with E-state index in [-0.39, 0.29) is 17.9 Å². The highest BCUT2D eigenvalue weighted by molar-refractivity contribution is 5.91. The van der Waals surface area contributed by atoms with Crippen LogP contribution in [0.25, 0.3) is 10.8 Å². The van der Waals surface area contributed by atoms with Gasteiger partial charge in [-0.2, -0.15) is 0 Å². The van der Waals surface area contributed by atoms with Crippen LogP contribution in [0.2, 0.25) is 0 Å². The van der Waals surface area contributed by atoms with Gasteiger partial charge in [-0.3, -0.25) is 9.59 Å². The highest BCUT2D eigenvalue weighted by Gasteiger charge is 2.31. The number of carbonyl (C=O) groups excluding carboxylic acids is 2. The molecule has 0 aliphatic carbocycles. The fourth-order valence-electron chi connectivity index (χ4n) is 4.00. The smallest absolute Gasteiger partial charge is 0.242 e. The standard InChI is InChI=1S/C24H27N5O2/c1-15(29-24(31)21-12-19(14-27-21)17-5-3-2-4-6-17)23(30)28-13-16-7-8-20-18(11-16)9-10-26-22(20)25/h2-11,15,19,21,27H,12-14H2,1H3,(H2,25,26)(H,28,30)(H,29,31)/t15-,19+,21+/m0/s1. The summed E-state index contributed by atoms with van der Waals surface area (Å²) in [4.78, 5) is 29.2. The third kappa shape index (κ3) is 4.83. The Hall–Kier alpha value is -3.45. The van der Waals surface area contributed by atoms with Crippen molar-refractivity contribution in [3.8, 4) is 0 Å². The zero-order chi connectivity index (χ0) is 21.8. The lowest BCUT2D eigenvalue weighted by Gasteiger charge is -2.17. The van der Waals surface area contributed by atoms with Crippen molar-refractivity contribution in [1.82, 2.24) is 20.9 Å². The molecular weight excluding hydrogens is 390 g/mol. The maximum atomic E-state index is 12.6. The first kappa shape index (κ1) is 20.8. The van der Waals surface area contributed by atoms with Crippen LogP contribution in [0.15, 0.2) is 60.8 Å². The second kappa shape index (κ2) is 9.14. The van der Waals surface area contributed by atoms with Crippen LogP contribution >= 0.6 is 0 Å². The van der Waals surface area contributed by atoms with E-state index < -0.39 is 6.04 Å². The zero-order valence-corrected chi connectivity index (χ0v) is 17.5. The summed E-state index contributed by atoms with van der Waals surface area (Å²) in [6.45, 7) is 2.82. The van der Waals surface area contributed by atoms with Gasteiger partial charge in [0.15, 0.2) is 0 Å². The molecule has 3 aromatic rings. The number of carbonyl (C=O) groups is 2. The maximum Gasteiger partial charge on any atom is 0.242 e. The lowest BCUT2D eigenvalue weighted by Crippen LogP contribution is -2.49. The van der Waals surface area contributed by atoms with Crippen LogP contribution in [0.3, 0.4) is 0 Å². The molecule has 1 aliphatic heterocycles. The van der Waals surface area contributed by atoms with Gasteiger partial charge in [0.1, 0.15) is 11.9 Å². The number of nitrogen functional groups attached to an aromatic ring is 1. The van der Waals surface area contributed by atoms with E-state index in [1.54, 1.807) is 13.1 Å². The van der Waals surface area contributed by atoms with Gasteiger partial charge in [0.25, 0.3) is 0 Å². The minimum Gasteiger partial charge on any atom is -0.383 e. The van der Waals surface area contributed by atoms with Gasteiger partial charge < -0.3 is 21.7 Å². The van der Waals surface area contributed by atoms with Crippen LogP contribution in [-0.2, 0) is 16.1 Å². The van der Waals surface area contributed by atoms with E-state index in [1.807, 2.05) is 42.5 Å². The van der Waals surface area contributed by atoms with Crippen LogP contribution in [0.5, 0.6) is 0 Å². The summed E-state index contributed by atoms with van der Waals surface area (Å²) >= 11 is 0. The number of anilines is 1. The van der Waals surface area contributed by atoms with E-state index in [0.29, 0.717) is 18.3 Å². The van der Waals surface area contributed by atoms with Gasteiger partial charge in [-0.15, -0.1) is 0 Å². The van der Waals surface area contributed by atoms with Gasteiger partial charge in [0.2, 0.25) is 11.8 Å². The minimum atomic E-state index is -0.620. The fraction of sp³-hybridized carbons (Fsp3) is 0.292. The predicted molar refractivity (Wildman–Crippen MR) is 121 cm³/mol. The molecule has 4 rings (SSSR count). The Morgan fingerprint density at radius 1 is 1.19 bits per heavy atom. The largest absolute Gasteiger partial charge is 0.383 e. The zero-order valence-electron chi connectivity index (χ0n) is 17.5. The molecule has 5 N–H and O–H groups in total. The first-order chi connectivity index (χ1) is 15.0. The average molecular weight is 418 g/mol. The molecule has 2 amide bonds. The van der Waals surface area contributed by atoms with E-state index in [4.69, 9.17) is 5.73 Å². The van der Waals surface area contributed by atoms with Gasteiger partial charge >= 0.3 is 0 Å². The topological polar surface area (TPSA) is 109 Å². The van der Waals surface area contributed by atoms with E-state index >= 15 is 0 Å². The van der Waals surface area contributed by atoms with Crippen molar-refractivity contribution in [2.24, 2.45) is 0 Å². The monoisotopic (exact) mass is 417 g/mol. The van der Waals surface area contributed by atoms with E-state index in [2.05, 4.69) is 33.1 Å². The number of fused-ring (bicyclic) bond motifs is 1. The summed E-state index contributed by atoms with van der Waals surface area (Å²) in [5.74, 6) is 0.424. The van der Waals surface area contributed by atoms with Gasteiger partial charge in [-0.1, -0.05) is 42.5 Å². The van der Waals surface area contributed by atoms with Crippen molar-refractivity contribution in [2.45, 2.75) is 37.9 Å². The summed E-state index contributed by atoms with van der Waals surface area (Å²) in [7, 11) is 0. The molecular formula is C24H27N5O2. The number of pyridine rings is 1. The molecule has 1 fully saturated rings. The Labute approximate surface area is 181 Å². The number of hydrogen-bond donors (Lipinski definition) is 4. The van der Waals surface area contributed by atoms with E-state index in [1.165, 1.54) is 5.56 Å². The number of rotatable bonds is 6. The van der Waals surface area contributed by atoms with Crippen LogP contribution in [0, 0.1) is 0 Å². The number of benzene rings is 2. The summed E-state index contributed by atoms with van der Waals surface area (Å²) in [6, 6.07) is 16.9. The van der Waals surface area contributed by atoms with E-state index in [0.717, 1.165) is 29.3 Å². The predicted octanol–water partition coefficient (Wildman–Crippen LogP) is 2.08. The molecule has 1 aromatic heterocycles. The third-order valence-electron chi connectivity index (χ3n) is 5.80. The van der Waals surface area contributed by atoms with Crippen molar-refractivity contribution in [2.75, 3.05) is 12.3 Å². The Kier molecular flexibility index (Phi) is 6.13. The van der Waals surface area contributed by atoms with Crippen LogP contribution < -0.4 is 21.7 Å². The summed E-state index contributed by atoms with van der Waals surface area (Å²) in [5, 5.41) is 10.8. The van der Waals surface area contributed by atoms with Gasteiger partial charge in [0, 0.05) is 24.7 Å². The molecule has 1 saturated heterocycles. The first-order valence-electron chi connectivity index (χ1n) is 10.5. The Bertz CT molecular complexity index is 1090. The maximum absolute atomic E-state index is 12.6. The summed E-state index contributed by atoms with van der Waals surface area (Å²) in [5.41, 5.74) is 8.06. The molecule has 0 unspecified atom stereocenters. The Morgan fingerprint density at radius 3 is 2.81 bits per heavy atom. The Morgan fingerprint density at radius 2 is 2.00 bits per heavy atom. The molecule has 0 saturated carbocycles.